The zero-order chi connectivity index (χ0) is 19.7. The Hall–Kier alpha value is -2.64. The molecule has 1 aromatic carbocycles. The highest BCUT2D eigenvalue weighted by Crippen LogP contribution is 2.17. The minimum atomic E-state index is -0.954. The second-order valence-corrected chi connectivity index (χ2v) is 6.38. The number of nitrogens with zero attached hydrogens (tertiary/aromatic N) is 1. The second kappa shape index (κ2) is 9.74. The summed E-state index contributed by atoms with van der Waals surface area (Å²) in [5.74, 6) is -0.296. The van der Waals surface area contributed by atoms with Gasteiger partial charge in [0.2, 0.25) is 0 Å². The number of carbonyl (C=O) groups excluding carboxylic acids is 2. The molecule has 7 nitrogen and oxygen atoms in total. The van der Waals surface area contributed by atoms with E-state index in [-0.39, 0.29) is 25.7 Å². The van der Waals surface area contributed by atoms with Crippen LogP contribution < -0.4 is 5.32 Å². The quantitative estimate of drug-likeness (QED) is 0.375. The van der Waals surface area contributed by atoms with Gasteiger partial charge in [0.05, 0.1) is 12.1 Å². The van der Waals surface area contributed by atoms with E-state index in [1.165, 1.54) is 0 Å². The van der Waals surface area contributed by atoms with E-state index in [2.05, 4.69) is 11.9 Å². The molecule has 1 aromatic rings. The summed E-state index contributed by atoms with van der Waals surface area (Å²) in [7, 11) is 0. The molecule has 0 bridgehead atoms. The predicted molar refractivity (Wildman–Crippen MR) is 97.7 cm³/mol. The maximum Gasteiger partial charge on any atom is 0.434 e. The van der Waals surface area contributed by atoms with Crippen LogP contribution in [-0.4, -0.2) is 46.1 Å². The van der Waals surface area contributed by atoms with Gasteiger partial charge in [0.15, 0.2) is 0 Å². The Balaban J connectivity index is 2.61. The number of hydroxylamine groups is 2. The third-order valence-corrected chi connectivity index (χ3v) is 3.47. The van der Waals surface area contributed by atoms with Gasteiger partial charge in [-0.05, 0) is 38.5 Å². The molecule has 1 rings (SSSR count). The Kier molecular flexibility index (Phi) is 8.02. The summed E-state index contributed by atoms with van der Waals surface area (Å²) in [6, 6.07) is 6.47. The van der Waals surface area contributed by atoms with Crippen molar-refractivity contribution in [1.29, 1.82) is 0 Å². The van der Waals surface area contributed by atoms with E-state index in [1.54, 1.807) is 57.2 Å². The zero-order valence-corrected chi connectivity index (χ0v) is 15.4. The molecule has 0 aliphatic carbocycles. The molecular weight excluding hydrogens is 336 g/mol. The fraction of sp³-hybridized carbons (Fsp3) is 0.368. The van der Waals surface area contributed by atoms with E-state index in [4.69, 9.17) is 9.84 Å². The molecule has 0 fully saturated rings. The number of rotatable bonds is 8. The van der Waals surface area contributed by atoms with Crippen LogP contribution in [0.1, 0.15) is 36.7 Å². The first-order valence-corrected chi connectivity index (χ1v) is 8.16. The highest BCUT2D eigenvalue weighted by atomic mass is 16.6. The number of hydrogen-bond acceptors (Lipinski definition) is 5. The topological polar surface area (TPSA) is 99.1 Å². The number of ether oxygens (including phenoxy) is 1. The van der Waals surface area contributed by atoms with Gasteiger partial charge in [-0.1, -0.05) is 36.4 Å². The van der Waals surface area contributed by atoms with Crippen LogP contribution in [0, 0.1) is 0 Å². The average Bonchev–Trinajstić information content (AvgIpc) is 2.62. The van der Waals surface area contributed by atoms with Gasteiger partial charge in [0, 0.05) is 12.1 Å². The highest BCUT2D eigenvalue weighted by molar-refractivity contribution is 5.94. The number of benzene rings is 1. The summed E-state index contributed by atoms with van der Waals surface area (Å²) >= 11 is 0. The largest absolute Gasteiger partial charge is 0.443 e. The molecule has 0 heterocycles. The first kappa shape index (κ1) is 21.4. The monoisotopic (exact) mass is 362 g/mol. The van der Waals surface area contributed by atoms with E-state index < -0.39 is 11.6 Å². The molecule has 0 aliphatic rings. The third kappa shape index (κ3) is 6.70. The molecule has 0 saturated heterocycles. The van der Waals surface area contributed by atoms with Gasteiger partial charge in [0.1, 0.15) is 6.61 Å². The Morgan fingerprint density at radius 1 is 1.31 bits per heavy atom. The van der Waals surface area contributed by atoms with Crippen LogP contribution in [0.15, 0.2) is 48.6 Å². The van der Waals surface area contributed by atoms with E-state index in [0.717, 1.165) is 5.57 Å². The van der Waals surface area contributed by atoms with Crippen molar-refractivity contribution >= 4 is 12.0 Å². The van der Waals surface area contributed by atoms with Crippen LogP contribution in [-0.2, 0) is 11.3 Å². The van der Waals surface area contributed by atoms with Crippen molar-refractivity contribution in [2.45, 2.75) is 32.9 Å². The molecule has 142 valence electrons. The van der Waals surface area contributed by atoms with Gasteiger partial charge in [-0.2, -0.15) is 5.06 Å². The lowest BCUT2D eigenvalue weighted by molar-refractivity contribution is -0.121. The maximum atomic E-state index is 12.0. The smallest absolute Gasteiger partial charge is 0.434 e. The van der Waals surface area contributed by atoms with Crippen molar-refractivity contribution in [2.24, 2.45) is 0 Å². The van der Waals surface area contributed by atoms with E-state index in [1.807, 2.05) is 0 Å². The Morgan fingerprint density at radius 2 is 1.92 bits per heavy atom. The summed E-state index contributed by atoms with van der Waals surface area (Å²) in [6.07, 6.45) is 2.47. The van der Waals surface area contributed by atoms with Gasteiger partial charge in [0.25, 0.3) is 5.91 Å². The van der Waals surface area contributed by atoms with Crippen molar-refractivity contribution in [3.8, 4) is 0 Å². The van der Waals surface area contributed by atoms with Crippen LogP contribution in [0.3, 0.4) is 0 Å². The van der Waals surface area contributed by atoms with Gasteiger partial charge >= 0.3 is 6.09 Å². The highest BCUT2D eigenvalue weighted by Gasteiger charge is 2.28. The fourth-order valence-electron chi connectivity index (χ4n) is 1.88. The maximum absolute atomic E-state index is 12.0. The van der Waals surface area contributed by atoms with E-state index in [0.29, 0.717) is 16.2 Å². The standard InChI is InChI=1S/C19H26N2O5/c1-14(2)9-10-19(3,4)21(25)18(24)26-13-15-5-7-16(8-6-15)17(23)20-11-12-22/h5-10,22,25H,1,11-13H2,2-4H3,(H,20,23)/b10-9-. The Bertz CT molecular complexity index is 665. The zero-order valence-electron chi connectivity index (χ0n) is 15.4. The molecule has 26 heavy (non-hydrogen) atoms. The van der Waals surface area contributed by atoms with Crippen molar-refractivity contribution in [1.82, 2.24) is 10.4 Å². The van der Waals surface area contributed by atoms with Crippen LogP contribution in [0.5, 0.6) is 0 Å². The molecule has 0 radical (unpaired) electrons. The molecule has 0 spiro atoms. The first-order valence-electron chi connectivity index (χ1n) is 8.16. The number of aliphatic hydroxyl groups is 1. The number of hydrogen-bond donors (Lipinski definition) is 3. The first-order chi connectivity index (χ1) is 12.2. The van der Waals surface area contributed by atoms with Crippen LogP contribution in [0.4, 0.5) is 4.79 Å². The van der Waals surface area contributed by atoms with Crippen LogP contribution in [0.25, 0.3) is 0 Å². The van der Waals surface area contributed by atoms with Gasteiger partial charge in [-0.15, -0.1) is 0 Å². The van der Waals surface area contributed by atoms with Gasteiger partial charge in [-0.3, -0.25) is 10.0 Å². The molecule has 0 atom stereocenters. The summed E-state index contributed by atoms with van der Waals surface area (Å²) in [6.45, 7) is 8.86. The summed E-state index contributed by atoms with van der Waals surface area (Å²) < 4.78 is 5.10. The van der Waals surface area contributed by atoms with Crippen molar-refractivity contribution in [3.63, 3.8) is 0 Å². The molecule has 0 aliphatic heterocycles. The Labute approximate surface area is 153 Å². The minimum Gasteiger partial charge on any atom is -0.443 e. The SMILES string of the molecule is C=C(C)/C=C\C(C)(C)N(O)C(=O)OCc1ccc(C(=O)NCCO)cc1. The number of carbonyl (C=O) groups is 2. The third-order valence-electron chi connectivity index (χ3n) is 3.47. The molecular formula is C19H26N2O5. The van der Waals surface area contributed by atoms with E-state index >= 15 is 0 Å². The summed E-state index contributed by atoms with van der Waals surface area (Å²) in [5, 5.41) is 21.8. The van der Waals surface area contributed by atoms with E-state index in [9.17, 15) is 14.8 Å². The molecule has 0 aromatic heterocycles. The number of amides is 2. The summed E-state index contributed by atoms with van der Waals surface area (Å²) in [5.41, 5.74) is 0.942. The Morgan fingerprint density at radius 3 is 2.46 bits per heavy atom. The number of aliphatic hydroxyl groups excluding tert-OH is 1. The molecule has 3 N–H and O–H groups in total. The van der Waals surface area contributed by atoms with Crippen molar-refractivity contribution in [3.05, 3.63) is 59.7 Å². The molecule has 2 amide bonds. The summed E-state index contributed by atoms with van der Waals surface area (Å²) in [4.78, 5) is 23.7. The van der Waals surface area contributed by atoms with Gasteiger partial charge < -0.3 is 15.2 Å². The van der Waals surface area contributed by atoms with Gasteiger partial charge in [-0.25, -0.2) is 4.79 Å². The average molecular weight is 362 g/mol. The fourth-order valence-corrected chi connectivity index (χ4v) is 1.88. The molecule has 0 saturated carbocycles. The lowest BCUT2D eigenvalue weighted by Crippen LogP contribution is -2.44. The van der Waals surface area contributed by atoms with Crippen molar-refractivity contribution in [2.75, 3.05) is 13.2 Å². The lowest BCUT2D eigenvalue weighted by atomic mass is 10.0. The molecule has 7 heteroatoms. The number of nitrogens with one attached hydrogen (secondary N) is 1. The molecule has 0 unspecified atom stereocenters. The van der Waals surface area contributed by atoms with Crippen LogP contribution >= 0.6 is 0 Å². The normalized spacial score (nSPS) is 11.3. The van der Waals surface area contributed by atoms with Crippen molar-refractivity contribution < 1.29 is 24.6 Å². The predicted octanol–water partition coefficient (Wildman–Crippen LogP) is 2.65. The second-order valence-electron chi connectivity index (χ2n) is 6.38. The lowest BCUT2D eigenvalue weighted by Gasteiger charge is -2.29. The minimum absolute atomic E-state index is 0.0469. The number of allylic oxidation sites excluding steroid dienone is 2. The van der Waals surface area contributed by atoms with Crippen LogP contribution in [0.2, 0.25) is 0 Å².